The van der Waals surface area contributed by atoms with Gasteiger partial charge in [-0.2, -0.15) is 14.7 Å². The molecule has 1 atom stereocenters. The number of hydrogen-bond donors (Lipinski definition) is 1. The number of nitrogen functional groups attached to an aromatic ring is 1. The first-order chi connectivity index (χ1) is 15.1. The van der Waals surface area contributed by atoms with E-state index in [-0.39, 0.29) is 12.0 Å². The van der Waals surface area contributed by atoms with E-state index in [0.29, 0.717) is 29.0 Å². The average molecular weight is 506 g/mol. The van der Waals surface area contributed by atoms with Crippen molar-refractivity contribution >= 4 is 33.5 Å². The molecule has 0 aliphatic carbocycles. The monoisotopic (exact) mass is 505 g/mol. The maximum Gasteiger partial charge on any atom is 0.410 e. The minimum atomic E-state index is -0.525. The molecular weight excluding hydrogens is 474 g/mol. The van der Waals surface area contributed by atoms with Crippen molar-refractivity contribution in [2.75, 3.05) is 18.8 Å². The van der Waals surface area contributed by atoms with E-state index in [4.69, 9.17) is 15.5 Å². The number of rotatable bonds is 2. The summed E-state index contributed by atoms with van der Waals surface area (Å²) in [5, 5.41) is 8.66. The van der Waals surface area contributed by atoms with Gasteiger partial charge in [-0.1, -0.05) is 13.8 Å². The molecule has 1 saturated heterocycles. The molecule has 1 aliphatic heterocycles. The van der Waals surface area contributed by atoms with Crippen LogP contribution in [0.5, 0.6) is 0 Å². The minimum Gasteiger partial charge on any atom is -0.444 e. The molecule has 4 rings (SSSR count). The third kappa shape index (κ3) is 4.90. The van der Waals surface area contributed by atoms with Crippen LogP contribution in [0, 0.1) is 0 Å². The molecule has 4 heterocycles. The summed E-state index contributed by atoms with van der Waals surface area (Å²) in [6.07, 6.45) is 6.94. The highest BCUT2D eigenvalue weighted by molar-refractivity contribution is 9.10. The lowest BCUT2D eigenvalue weighted by molar-refractivity contribution is 0.0197. The summed E-state index contributed by atoms with van der Waals surface area (Å²) in [6.45, 7) is 10.8. The van der Waals surface area contributed by atoms with E-state index in [1.165, 1.54) is 0 Å². The number of fused-ring (bicyclic) bond motifs is 1. The number of amides is 1. The first-order valence-electron chi connectivity index (χ1n) is 10.9. The molecule has 2 N–H and O–H groups in total. The van der Waals surface area contributed by atoms with Crippen LogP contribution in [-0.4, -0.2) is 54.1 Å². The summed E-state index contributed by atoms with van der Waals surface area (Å²) in [4.78, 5) is 19.3. The van der Waals surface area contributed by atoms with Gasteiger partial charge in [0.15, 0.2) is 5.65 Å². The number of anilines is 1. The standard InChI is InChI=1S/C20H26BrN7O2.C2H6/c1-20(2,3)30-19(29)27-7-5-6-12(11-27)16-15(21)17(22)28-18(25-16)14(9-24-28)13-8-23-26(4)10-13;1-2/h8-10,12H,5-7,11,22H2,1-4H3;1-2H3. The lowest BCUT2D eigenvalue weighted by Crippen LogP contribution is -2.42. The van der Waals surface area contributed by atoms with Crippen LogP contribution in [0.25, 0.3) is 16.8 Å². The molecule has 9 nitrogen and oxygen atoms in total. The van der Waals surface area contributed by atoms with E-state index in [9.17, 15) is 4.79 Å². The van der Waals surface area contributed by atoms with Crippen LogP contribution in [0.15, 0.2) is 23.1 Å². The summed E-state index contributed by atoms with van der Waals surface area (Å²) in [5.41, 5.74) is 9.16. The van der Waals surface area contributed by atoms with E-state index < -0.39 is 5.60 Å². The quantitative estimate of drug-likeness (QED) is 0.544. The van der Waals surface area contributed by atoms with E-state index in [0.717, 1.165) is 29.7 Å². The molecule has 32 heavy (non-hydrogen) atoms. The fraction of sp³-hybridized carbons (Fsp3) is 0.545. The van der Waals surface area contributed by atoms with Gasteiger partial charge in [0.25, 0.3) is 0 Å². The number of ether oxygens (including phenoxy) is 1. The zero-order valence-corrected chi connectivity index (χ0v) is 21.2. The Kier molecular flexibility index (Phi) is 7.12. The Labute approximate surface area is 197 Å². The zero-order valence-electron chi connectivity index (χ0n) is 19.6. The zero-order chi connectivity index (χ0) is 23.6. The topological polar surface area (TPSA) is 104 Å². The maximum atomic E-state index is 12.6. The van der Waals surface area contributed by atoms with Crippen LogP contribution in [0.3, 0.4) is 0 Å². The number of halogens is 1. The summed E-state index contributed by atoms with van der Waals surface area (Å²) < 4.78 is 9.64. The number of aromatic nitrogens is 5. The van der Waals surface area contributed by atoms with Crippen molar-refractivity contribution in [2.45, 2.75) is 59.0 Å². The van der Waals surface area contributed by atoms with Crippen molar-refractivity contribution in [1.82, 2.24) is 29.3 Å². The lowest BCUT2D eigenvalue weighted by atomic mass is 9.94. The Hall–Kier alpha value is -2.62. The Morgan fingerprint density at radius 2 is 1.97 bits per heavy atom. The molecule has 1 aliphatic rings. The van der Waals surface area contributed by atoms with Crippen LogP contribution in [0.1, 0.15) is 59.1 Å². The summed E-state index contributed by atoms with van der Waals surface area (Å²) in [7, 11) is 1.87. The van der Waals surface area contributed by atoms with E-state index in [2.05, 4.69) is 26.1 Å². The van der Waals surface area contributed by atoms with Gasteiger partial charge in [-0.05, 0) is 49.5 Å². The van der Waals surface area contributed by atoms with Crippen molar-refractivity contribution in [1.29, 1.82) is 0 Å². The predicted molar refractivity (Wildman–Crippen MR) is 128 cm³/mol. The molecule has 0 radical (unpaired) electrons. The van der Waals surface area contributed by atoms with Gasteiger partial charge in [0.05, 0.1) is 22.6 Å². The predicted octanol–water partition coefficient (Wildman–Crippen LogP) is 4.62. The van der Waals surface area contributed by atoms with Crippen LogP contribution in [0.2, 0.25) is 0 Å². The minimum absolute atomic E-state index is 0.0459. The van der Waals surface area contributed by atoms with Crippen LogP contribution >= 0.6 is 15.9 Å². The number of likely N-dealkylation sites (tertiary alicyclic amines) is 1. The number of carbonyl (C=O) groups is 1. The van der Waals surface area contributed by atoms with Crippen molar-refractivity contribution in [3.63, 3.8) is 0 Å². The Morgan fingerprint density at radius 1 is 1.25 bits per heavy atom. The number of hydrogen-bond acceptors (Lipinski definition) is 6. The summed E-state index contributed by atoms with van der Waals surface area (Å²) >= 11 is 3.61. The number of aryl methyl sites for hydroxylation is 1. The van der Waals surface area contributed by atoms with Gasteiger partial charge in [0.2, 0.25) is 0 Å². The SMILES string of the molecule is CC.Cn1cc(-c2cnn3c(N)c(Br)c(C4CCCN(C(=O)OC(C)(C)C)C4)nc23)cn1. The molecule has 3 aromatic rings. The first kappa shape index (κ1) is 24.0. The Balaban J connectivity index is 0.00000141. The molecule has 3 aromatic heterocycles. The molecule has 0 saturated carbocycles. The molecule has 174 valence electrons. The molecule has 0 aromatic carbocycles. The number of piperidine rings is 1. The maximum absolute atomic E-state index is 12.6. The second kappa shape index (κ2) is 9.48. The molecular formula is C22H32BrN7O2. The van der Waals surface area contributed by atoms with Crippen molar-refractivity contribution in [3.05, 3.63) is 28.8 Å². The Morgan fingerprint density at radius 3 is 2.59 bits per heavy atom. The van der Waals surface area contributed by atoms with Crippen molar-refractivity contribution in [2.24, 2.45) is 7.05 Å². The van der Waals surface area contributed by atoms with E-state index in [1.807, 2.05) is 47.9 Å². The van der Waals surface area contributed by atoms with E-state index >= 15 is 0 Å². The third-order valence-corrected chi connectivity index (χ3v) is 5.94. The lowest BCUT2D eigenvalue weighted by Gasteiger charge is -2.34. The van der Waals surface area contributed by atoms with Crippen LogP contribution < -0.4 is 5.73 Å². The summed E-state index contributed by atoms with van der Waals surface area (Å²) in [5.74, 6) is 0.532. The smallest absolute Gasteiger partial charge is 0.410 e. The van der Waals surface area contributed by atoms with Gasteiger partial charge in [0, 0.05) is 43.4 Å². The van der Waals surface area contributed by atoms with Crippen molar-refractivity contribution < 1.29 is 9.53 Å². The van der Waals surface area contributed by atoms with Gasteiger partial charge >= 0.3 is 6.09 Å². The number of carbonyl (C=O) groups excluding carboxylic acids is 1. The fourth-order valence-corrected chi connectivity index (χ4v) is 4.32. The molecule has 10 heteroatoms. The molecule has 1 unspecified atom stereocenters. The Bertz CT molecular complexity index is 1100. The average Bonchev–Trinajstić information content (AvgIpc) is 3.37. The van der Waals surface area contributed by atoms with Crippen LogP contribution in [0.4, 0.5) is 10.6 Å². The molecule has 1 amide bonds. The largest absolute Gasteiger partial charge is 0.444 e. The van der Waals surface area contributed by atoms with Gasteiger partial charge < -0.3 is 15.4 Å². The number of nitrogens with zero attached hydrogens (tertiary/aromatic N) is 6. The fourth-order valence-electron chi connectivity index (χ4n) is 3.74. The molecule has 0 bridgehead atoms. The highest BCUT2D eigenvalue weighted by Gasteiger charge is 2.31. The van der Waals surface area contributed by atoms with E-state index in [1.54, 1.807) is 26.5 Å². The summed E-state index contributed by atoms with van der Waals surface area (Å²) in [6, 6.07) is 0. The first-order valence-corrected chi connectivity index (χ1v) is 11.7. The molecule has 0 spiro atoms. The van der Waals surface area contributed by atoms with Gasteiger partial charge in [-0.3, -0.25) is 4.68 Å². The highest BCUT2D eigenvalue weighted by Crippen LogP contribution is 2.36. The van der Waals surface area contributed by atoms with Gasteiger partial charge in [-0.15, -0.1) is 0 Å². The van der Waals surface area contributed by atoms with Crippen LogP contribution in [-0.2, 0) is 11.8 Å². The second-order valence-electron chi connectivity index (χ2n) is 8.66. The van der Waals surface area contributed by atoms with Crippen molar-refractivity contribution in [3.8, 4) is 11.1 Å². The number of nitrogens with two attached hydrogens (primary N) is 1. The van der Waals surface area contributed by atoms with Gasteiger partial charge in [0.1, 0.15) is 11.4 Å². The highest BCUT2D eigenvalue weighted by atomic mass is 79.9. The normalized spacial score (nSPS) is 16.6. The molecule has 1 fully saturated rings. The van der Waals surface area contributed by atoms with Gasteiger partial charge in [-0.25, -0.2) is 9.78 Å². The third-order valence-electron chi connectivity index (χ3n) is 5.12. The second-order valence-corrected chi connectivity index (χ2v) is 9.45.